The van der Waals surface area contributed by atoms with Gasteiger partial charge in [0, 0.05) is 36.8 Å². The van der Waals surface area contributed by atoms with E-state index in [1.807, 2.05) is 22.8 Å². The second kappa shape index (κ2) is 5.66. The van der Waals surface area contributed by atoms with Gasteiger partial charge in [0.05, 0.1) is 11.9 Å². The number of anilines is 1. The molecule has 0 aliphatic carbocycles. The summed E-state index contributed by atoms with van der Waals surface area (Å²) in [5.74, 6) is 1.13. The smallest absolute Gasteiger partial charge is 0.157 e. The van der Waals surface area contributed by atoms with Crippen molar-refractivity contribution in [1.29, 1.82) is 0 Å². The van der Waals surface area contributed by atoms with E-state index in [1.165, 1.54) is 6.42 Å². The number of nitrogens with zero attached hydrogens (tertiary/aromatic N) is 5. The van der Waals surface area contributed by atoms with E-state index >= 15 is 0 Å². The predicted molar refractivity (Wildman–Crippen MR) is 92.7 cm³/mol. The molecule has 5 nitrogen and oxygen atoms in total. The van der Waals surface area contributed by atoms with Crippen LogP contribution in [0.15, 0.2) is 48.7 Å². The third-order valence-electron chi connectivity index (χ3n) is 4.63. The molecule has 3 heterocycles. The molecule has 23 heavy (non-hydrogen) atoms. The number of hydrogen-bond acceptors (Lipinski definition) is 4. The molecule has 0 amide bonds. The largest absolute Gasteiger partial charge is 0.355 e. The zero-order valence-corrected chi connectivity index (χ0v) is 13.6. The fourth-order valence-electron chi connectivity index (χ4n) is 3.25. The average Bonchev–Trinajstić information content (AvgIpc) is 3.24. The summed E-state index contributed by atoms with van der Waals surface area (Å²) in [6, 6.07) is 15.1. The number of benzene rings is 1. The van der Waals surface area contributed by atoms with Crippen LogP contribution in [0.2, 0.25) is 0 Å². The fourth-order valence-corrected chi connectivity index (χ4v) is 3.25. The maximum Gasteiger partial charge on any atom is 0.157 e. The molecule has 4 rings (SSSR count). The normalized spacial score (nSPS) is 18.2. The van der Waals surface area contributed by atoms with Gasteiger partial charge >= 0.3 is 0 Å². The van der Waals surface area contributed by atoms with Crippen LogP contribution in [-0.4, -0.2) is 52.7 Å². The van der Waals surface area contributed by atoms with Crippen LogP contribution in [0, 0.1) is 0 Å². The van der Waals surface area contributed by atoms with Crippen molar-refractivity contribution in [3.8, 4) is 11.3 Å². The molecule has 118 valence electrons. The Morgan fingerprint density at radius 1 is 1.13 bits per heavy atom. The van der Waals surface area contributed by atoms with Crippen LogP contribution >= 0.6 is 0 Å². The van der Waals surface area contributed by atoms with E-state index in [1.54, 1.807) is 0 Å². The highest BCUT2D eigenvalue weighted by Gasteiger charge is 2.26. The van der Waals surface area contributed by atoms with E-state index in [9.17, 15) is 0 Å². The second-order valence-corrected chi connectivity index (χ2v) is 6.32. The Labute approximate surface area is 136 Å². The quantitative estimate of drug-likeness (QED) is 0.745. The van der Waals surface area contributed by atoms with Gasteiger partial charge in [-0.3, -0.25) is 0 Å². The number of likely N-dealkylation sites (N-methyl/N-ethyl adjacent to an activating group) is 1. The third kappa shape index (κ3) is 2.57. The molecule has 3 aromatic rings. The van der Waals surface area contributed by atoms with E-state index in [0.29, 0.717) is 6.04 Å². The van der Waals surface area contributed by atoms with E-state index in [2.05, 4.69) is 59.3 Å². The maximum atomic E-state index is 4.76. The van der Waals surface area contributed by atoms with Gasteiger partial charge in [-0.25, -0.2) is 4.98 Å². The van der Waals surface area contributed by atoms with Gasteiger partial charge in [0.1, 0.15) is 5.82 Å². The fraction of sp³-hybridized carbons (Fsp3) is 0.333. The number of aromatic nitrogens is 3. The Kier molecular flexibility index (Phi) is 3.50. The second-order valence-electron chi connectivity index (χ2n) is 6.32. The molecule has 0 saturated carbocycles. The van der Waals surface area contributed by atoms with Crippen molar-refractivity contribution in [3.63, 3.8) is 0 Å². The highest BCUT2D eigenvalue weighted by atomic mass is 15.4. The van der Waals surface area contributed by atoms with Gasteiger partial charge in [0.25, 0.3) is 0 Å². The van der Waals surface area contributed by atoms with E-state index in [4.69, 9.17) is 4.98 Å². The van der Waals surface area contributed by atoms with Crippen molar-refractivity contribution in [2.24, 2.45) is 0 Å². The third-order valence-corrected chi connectivity index (χ3v) is 4.63. The topological polar surface area (TPSA) is 36.7 Å². The minimum atomic E-state index is 0.592. The monoisotopic (exact) mass is 307 g/mol. The molecule has 1 saturated heterocycles. The highest BCUT2D eigenvalue weighted by Crippen LogP contribution is 2.27. The molecule has 0 radical (unpaired) electrons. The molecule has 1 aliphatic rings. The highest BCUT2D eigenvalue weighted by molar-refractivity contribution is 5.67. The number of fused-ring (bicyclic) bond motifs is 1. The Bertz CT molecular complexity index is 809. The molecule has 0 N–H and O–H groups in total. The van der Waals surface area contributed by atoms with Crippen LogP contribution in [0.25, 0.3) is 16.9 Å². The molecule has 5 heteroatoms. The number of hydrogen-bond donors (Lipinski definition) is 0. The lowest BCUT2D eigenvalue weighted by Gasteiger charge is -2.22. The van der Waals surface area contributed by atoms with Crippen molar-refractivity contribution < 1.29 is 0 Å². The Morgan fingerprint density at radius 3 is 2.70 bits per heavy atom. The van der Waals surface area contributed by atoms with Gasteiger partial charge in [-0.2, -0.15) is 9.61 Å². The van der Waals surface area contributed by atoms with Gasteiger partial charge in [-0.15, -0.1) is 0 Å². The van der Waals surface area contributed by atoms with Crippen LogP contribution < -0.4 is 4.90 Å². The Hall–Kier alpha value is -2.40. The summed E-state index contributed by atoms with van der Waals surface area (Å²) < 4.78 is 1.95. The first-order valence-electron chi connectivity index (χ1n) is 8.04. The molecule has 1 aromatic carbocycles. The van der Waals surface area contributed by atoms with Gasteiger partial charge in [-0.05, 0) is 20.5 Å². The van der Waals surface area contributed by atoms with Crippen molar-refractivity contribution in [1.82, 2.24) is 19.5 Å². The summed E-state index contributed by atoms with van der Waals surface area (Å²) in [4.78, 5) is 9.48. The van der Waals surface area contributed by atoms with Gasteiger partial charge in [0.2, 0.25) is 0 Å². The average molecular weight is 307 g/mol. The van der Waals surface area contributed by atoms with E-state index < -0.39 is 0 Å². The molecule has 2 aromatic heterocycles. The summed E-state index contributed by atoms with van der Waals surface area (Å²) in [6.45, 7) is 2.08. The summed E-state index contributed by atoms with van der Waals surface area (Å²) in [5.41, 5.74) is 3.04. The first-order chi connectivity index (χ1) is 11.2. The van der Waals surface area contributed by atoms with E-state index in [-0.39, 0.29) is 0 Å². The maximum absolute atomic E-state index is 4.76. The van der Waals surface area contributed by atoms with Crippen molar-refractivity contribution in [2.45, 2.75) is 12.5 Å². The summed E-state index contributed by atoms with van der Waals surface area (Å²) >= 11 is 0. The SMILES string of the molecule is CN(C)[C@H]1CCN(c2cc(-c3ccccc3)nc3ccnn23)C1. The van der Waals surface area contributed by atoms with Crippen LogP contribution in [-0.2, 0) is 0 Å². The molecule has 0 bridgehead atoms. The molecular formula is C18H21N5. The van der Waals surface area contributed by atoms with Gasteiger partial charge in [-0.1, -0.05) is 30.3 Å². The Morgan fingerprint density at radius 2 is 1.96 bits per heavy atom. The minimum Gasteiger partial charge on any atom is -0.355 e. The van der Waals surface area contributed by atoms with E-state index in [0.717, 1.165) is 35.8 Å². The first kappa shape index (κ1) is 14.2. The zero-order chi connectivity index (χ0) is 15.8. The standard InChI is InChI=1S/C18H21N5/c1-21(2)15-9-11-22(13-15)18-12-16(14-6-4-3-5-7-14)20-17-8-10-19-23(17)18/h3-8,10,12,15H,9,11,13H2,1-2H3/t15-/m0/s1. The molecule has 1 atom stereocenters. The first-order valence-corrected chi connectivity index (χ1v) is 8.04. The molecule has 0 spiro atoms. The van der Waals surface area contributed by atoms with Crippen molar-refractivity contribution in [3.05, 3.63) is 48.7 Å². The van der Waals surface area contributed by atoms with Crippen LogP contribution in [0.4, 0.5) is 5.82 Å². The minimum absolute atomic E-state index is 0.592. The molecular weight excluding hydrogens is 286 g/mol. The lowest BCUT2D eigenvalue weighted by Crippen LogP contribution is -2.32. The zero-order valence-electron chi connectivity index (χ0n) is 13.6. The summed E-state index contributed by atoms with van der Waals surface area (Å²) in [7, 11) is 4.30. The molecule has 0 unspecified atom stereocenters. The van der Waals surface area contributed by atoms with Crippen molar-refractivity contribution >= 4 is 11.5 Å². The van der Waals surface area contributed by atoms with Crippen LogP contribution in [0.1, 0.15) is 6.42 Å². The van der Waals surface area contributed by atoms with Crippen LogP contribution in [0.5, 0.6) is 0 Å². The van der Waals surface area contributed by atoms with Crippen LogP contribution in [0.3, 0.4) is 0 Å². The molecule has 1 aliphatic heterocycles. The number of rotatable bonds is 3. The molecule has 1 fully saturated rings. The van der Waals surface area contributed by atoms with Crippen molar-refractivity contribution in [2.75, 3.05) is 32.1 Å². The lowest BCUT2D eigenvalue weighted by molar-refractivity contribution is 0.315. The summed E-state index contributed by atoms with van der Waals surface area (Å²) in [6.07, 6.45) is 3.00. The van der Waals surface area contributed by atoms with Gasteiger partial charge in [0.15, 0.2) is 5.65 Å². The predicted octanol–water partition coefficient (Wildman–Crippen LogP) is 2.54. The Balaban J connectivity index is 1.78. The summed E-state index contributed by atoms with van der Waals surface area (Å²) in [5, 5.41) is 4.47. The van der Waals surface area contributed by atoms with Gasteiger partial charge < -0.3 is 9.80 Å². The lowest BCUT2D eigenvalue weighted by atomic mass is 10.1.